The van der Waals surface area contributed by atoms with E-state index in [4.69, 9.17) is 4.74 Å². The number of fused-ring (bicyclic) bond motifs is 7. The van der Waals surface area contributed by atoms with Crippen LogP contribution in [-0.2, 0) is 28.7 Å². The third kappa shape index (κ3) is 6.45. The maximum atomic E-state index is 14.3. The van der Waals surface area contributed by atoms with E-state index in [9.17, 15) is 29.1 Å². The van der Waals surface area contributed by atoms with Crippen LogP contribution in [0, 0.1) is 62.6 Å². The van der Waals surface area contributed by atoms with Gasteiger partial charge >= 0.3 is 11.9 Å². The van der Waals surface area contributed by atoms with Crippen LogP contribution in [0.1, 0.15) is 153 Å². The van der Waals surface area contributed by atoms with Crippen LogP contribution in [0.5, 0.6) is 0 Å². The topological polar surface area (TPSA) is 151 Å². The number of Topliss-reactive ketones (excluding diaryl/α,β-unsaturated/α-hetero) is 1. The highest BCUT2D eigenvalue weighted by atomic mass is 35.5. The lowest BCUT2D eigenvalue weighted by atomic mass is 9.33. The summed E-state index contributed by atoms with van der Waals surface area (Å²) in [6, 6.07) is -0.288. The molecule has 0 aromatic rings. The molecule has 1 heterocycles. The number of carbonyl (C=O) groups excluding carboxylic acids is 4. The van der Waals surface area contributed by atoms with E-state index in [0.717, 1.165) is 69.9 Å². The van der Waals surface area contributed by atoms with Gasteiger partial charge in [-0.25, -0.2) is 0 Å². The van der Waals surface area contributed by atoms with Gasteiger partial charge in [0.2, 0.25) is 11.8 Å². The predicted octanol–water partition coefficient (Wildman–Crippen LogP) is 7.56. The van der Waals surface area contributed by atoms with Crippen LogP contribution >= 0.6 is 12.4 Å². The van der Waals surface area contributed by atoms with Crippen molar-refractivity contribution in [2.75, 3.05) is 6.54 Å². The Morgan fingerprint density at radius 3 is 2.12 bits per heavy atom. The molecular formula is C46H72ClN3O7. The van der Waals surface area contributed by atoms with Gasteiger partial charge in [-0.05, 0) is 147 Å². The number of allylic oxidation sites excluding steroid dienone is 1. The van der Waals surface area contributed by atoms with E-state index in [-0.39, 0.29) is 88.0 Å². The second-order valence-corrected chi connectivity index (χ2v) is 22.3. The van der Waals surface area contributed by atoms with Gasteiger partial charge in [-0.15, -0.1) is 12.4 Å². The van der Waals surface area contributed by atoms with Gasteiger partial charge in [0.05, 0.1) is 23.4 Å². The number of rotatable bonds is 8. The van der Waals surface area contributed by atoms with E-state index < -0.39 is 34.3 Å². The summed E-state index contributed by atoms with van der Waals surface area (Å²) in [5.41, 5.74) is -0.714. The summed E-state index contributed by atoms with van der Waals surface area (Å²) in [5, 5.41) is 19.4. The lowest BCUT2D eigenvalue weighted by Gasteiger charge is -2.72. The molecule has 4 N–H and O–H groups in total. The van der Waals surface area contributed by atoms with E-state index >= 15 is 0 Å². The summed E-state index contributed by atoms with van der Waals surface area (Å²) in [4.78, 5) is 67.0. The Bertz CT molecular complexity index is 1730. The van der Waals surface area contributed by atoms with Gasteiger partial charge in [0, 0.05) is 11.8 Å². The van der Waals surface area contributed by atoms with Gasteiger partial charge in [-0.1, -0.05) is 62.3 Å². The van der Waals surface area contributed by atoms with Crippen molar-refractivity contribution in [1.29, 1.82) is 0 Å². The van der Waals surface area contributed by atoms with Crippen molar-refractivity contribution < 1.29 is 33.8 Å². The Kier molecular flexibility index (Phi) is 11.1. The van der Waals surface area contributed by atoms with Crippen molar-refractivity contribution in [1.82, 2.24) is 16.0 Å². The van der Waals surface area contributed by atoms with E-state index in [1.165, 1.54) is 5.57 Å². The fourth-order valence-corrected chi connectivity index (χ4v) is 14.6. The number of amides is 2. The first-order chi connectivity index (χ1) is 25.9. The first-order valence-electron chi connectivity index (χ1n) is 22.0. The molecular weight excluding hydrogens is 742 g/mol. The van der Waals surface area contributed by atoms with Gasteiger partial charge in [0.15, 0.2) is 5.78 Å². The first kappa shape index (κ1) is 44.1. The number of aliphatic carboxylic acids is 1. The van der Waals surface area contributed by atoms with Crippen LogP contribution in [0.3, 0.4) is 0 Å². The predicted molar refractivity (Wildman–Crippen MR) is 221 cm³/mol. The molecule has 7 aliphatic rings. The van der Waals surface area contributed by atoms with Crippen LogP contribution < -0.4 is 16.0 Å². The van der Waals surface area contributed by atoms with Crippen LogP contribution in [-0.4, -0.2) is 64.4 Å². The number of ether oxygens (including phenoxy) is 1. The zero-order valence-corrected chi connectivity index (χ0v) is 37.4. The Morgan fingerprint density at radius 1 is 0.842 bits per heavy atom. The molecule has 11 atom stereocenters. The van der Waals surface area contributed by atoms with Crippen molar-refractivity contribution in [3.63, 3.8) is 0 Å². The maximum absolute atomic E-state index is 14.3. The molecule has 1 unspecified atom stereocenters. The molecule has 0 aromatic carbocycles. The fraction of sp³-hybridized carbons (Fsp3) is 0.848. The first-order valence-corrected chi connectivity index (χ1v) is 22.0. The number of carboxylic acid groups (broad SMARTS) is 1. The van der Waals surface area contributed by atoms with Crippen LogP contribution in [0.2, 0.25) is 0 Å². The number of nitrogens with one attached hydrogen (secondary N) is 3. The number of ketones is 1. The standard InChI is InChI=1S/C46H71N3O7.ClH/c1-25(2)34-30(50)24-46(49-39(55)42(7,8)48-36(51)29-13-12-22-47-29)21-20-44(10)26(35(34)46)14-15-32-43(9)18-17-33(41(5,6)31(43)16-19-45(32,44)11)56-38(54)28-23-27(37(52)53)40(28,3)4;/h25-29,31-33,47H,12-24H2,1-11H3,(H,48,51)(H,49,55)(H,52,53);1H/t26-,27+,28-,29?,31+,32-,33+,43+,44-,45-,46-;/m1./s1. The molecule has 6 aliphatic carbocycles. The molecule has 10 nitrogen and oxygen atoms in total. The molecule has 0 spiro atoms. The highest BCUT2D eigenvalue weighted by Crippen LogP contribution is 2.76. The molecule has 57 heavy (non-hydrogen) atoms. The van der Waals surface area contributed by atoms with Crippen molar-refractivity contribution in [3.8, 4) is 0 Å². The van der Waals surface area contributed by atoms with Gasteiger partial charge in [-0.3, -0.25) is 24.0 Å². The molecule has 0 radical (unpaired) electrons. The van der Waals surface area contributed by atoms with Crippen molar-refractivity contribution in [2.45, 2.75) is 176 Å². The summed E-state index contributed by atoms with van der Waals surface area (Å²) < 4.78 is 6.41. The summed E-state index contributed by atoms with van der Waals surface area (Å²) in [6.45, 7) is 24.5. The highest BCUT2D eigenvalue weighted by molar-refractivity contribution is 6.03. The minimum absolute atomic E-state index is 0. The third-order valence-corrected chi connectivity index (χ3v) is 18.2. The van der Waals surface area contributed by atoms with Crippen molar-refractivity contribution in [3.05, 3.63) is 11.1 Å². The number of esters is 1. The Balaban J connectivity index is 0.00000549. The average Bonchev–Trinajstić information content (AvgIpc) is 3.72. The number of carboxylic acids is 1. The van der Waals surface area contributed by atoms with E-state index in [1.54, 1.807) is 13.8 Å². The third-order valence-electron chi connectivity index (χ3n) is 18.2. The smallest absolute Gasteiger partial charge is 0.309 e. The average molecular weight is 815 g/mol. The zero-order chi connectivity index (χ0) is 41.2. The van der Waals surface area contributed by atoms with Crippen molar-refractivity contribution in [2.24, 2.45) is 62.6 Å². The molecule has 11 heteroatoms. The van der Waals surface area contributed by atoms with E-state index in [1.807, 2.05) is 13.8 Å². The Labute approximate surface area is 347 Å². The van der Waals surface area contributed by atoms with E-state index in [0.29, 0.717) is 24.7 Å². The summed E-state index contributed by atoms with van der Waals surface area (Å²) >= 11 is 0. The normalized spacial score (nSPS) is 41.7. The molecule has 1 saturated heterocycles. The van der Waals surface area contributed by atoms with Crippen LogP contribution in [0.25, 0.3) is 0 Å². The largest absolute Gasteiger partial charge is 0.481 e. The molecule has 2 amide bonds. The van der Waals surface area contributed by atoms with Crippen LogP contribution in [0.15, 0.2) is 11.1 Å². The molecule has 5 saturated carbocycles. The Hall–Kier alpha value is -2.46. The molecule has 6 fully saturated rings. The van der Waals surface area contributed by atoms with Crippen molar-refractivity contribution >= 4 is 41.9 Å². The Morgan fingerprint density at radius 2 is 1.53 bits per heavy atom. The fourth-order valence-electron chi connectivity index (χ4n) is 14.6. The lowest BCUT2D eigenvalue weighted by Crippen LogP contribution is -2.68. The zero-order valence-electron chi connectivity index (χ0n) is 36.6. The SMILES string of the molecule is CC(C)C1=C2[C@H]3CC[C@@H]4[C@@]5(C)CC[C@H](OC(=O)[C@H]6C[C@@H](C(=O)O)C6(C)C)C(C)(C)[C@@H]5CC[C@@]4(C)[C@]3(C)CC[C@@]2(NC(=O)C(C)(C)NC(=O)C2CCCN2)CC1=O.Cl. The summed E-state index contributed by atoms with van der Waals surface area (Å²) in [7, 11) is 0. The summed E-state index contributed by atoms with van der Waals surface area (Å²) in [6.07, 6.45) is 9.57. The number of halogens is 1. The number of hydrogen-bond acceptors (Lipinski definition) is 7. The second-order valence-electron chi connectivity index (χ2n) is 22.3. The molecule has 0 bridgehead atoms. The number of hydrogen-bond donors (Lipinski definition) is 4. The molecule has 0 aromatic heterocycles. The van der Waals surface area contributed by atoms with E-state index in [2.05, 4.69) is 64.4 Å². The van der Waals surface area contributed by atoms with Crippen LogP contribution in [0.4, 0.5) is 0 Å². The van der Waals surface area contributed by atoms with Gasteiger partial charge in [-0.2, -0.15) is 0 Å². The molecule has 320 valence electrons. The summed E-state index contributed by atoms with van der Waals surface area (Å²) in [5.74, 6) is -1.23. The second kappa shape index (κ2) is 14.3. The molecule has 7 rings (SSSR count). The maximum Gasteiger partial charge on any atom is 0.309 e. The van der Waals surface area contributed by atoms with Gasteiger partial charge in [0.25, 0.3) is 0 Å². The monoisotopic (exact) mass is 814 g/mol. The highest BCUT2D eigenvalue weighted by Gasteiger charge is 2.71. The molecule has 1 aliphatic heterocycles. The minimum Gasteiger partial charge on any atom is -0.481 e. The number of carbonyl (C=O) groups is 5. The lowest BCUT2D eigenvalue weighted by molar-refractivity contribution is -0.235. The van der Waals surface area contributed by atoms with Gasteiger partial charge < -0.3 is 25.8 Å². The van der Waals surface area contributed by atoms with Gasteiger partial charge in [0.1, 0.15) is 11.6 Å². The minimum atomic E-state index is -1.14. The quantitative estimate of drug-likeness (QED) is 0.184.